The highest BCUT2D eigenvalue weighted by Crippen LogP contribution is 2.35. The van der Waals surface area contributed by atoms with Crippen LogP contribution >= 0.6 is 0 Å². The maximum Gasteiger partial charge on any atom is 0.508 e. The topological polar surface area (TPSA) is 91.3 Å². The lowest BCUT2D eigenvalue weighted by Gasteiger charge is -2.15. The van der Waals surface area contributed by atoms with E-state index in [2.05, 4.69) is 6.92 Å². The average Bonchev–Trinajstić information content (AvgIpc) is 3.00. The molecule has 0 aliphatic heterocycles. The molecule has 0 aliphatic carbocycles. The van der Waals surface area contributed by atoms with E-state index in [9.17, 15) is 14.7 Å². The predicted molar refractivity (Wildman–Crippen MR) is 165 cm³/mol. The number of carbonyl (C=O) groups is 2. The molecule has 0 bridgehead atoms. The lowest BCUT2D eigenvalue weighted by molar-refractivity contribution is 0.0134. The highest BCUT2D eigenvalue weighted by molar-refractivity contribution is 5.93. The summed E-state index contributed by atoms with van der Waals surface area (Å²) in [5.74, 6) is 0.449. The molecule has 0 aliphatic rings. The molecule has 0 saturated carbocycles. The van der Waals surface area contributed by atoms with Gasteiger partial charge in [-0.25, -0.2) is 9.59 Å². The molecule has 0 fully saturated rings. The fraction of sp³-hybridized carbons (Fsp3) is 0.429. The van der Waals surface area contributed by atoms with Crippen LogP contribution in [0.3, 0.4) is 0 Å². The average molecular weight is 577 g/mol. The van der Waals surface area contributed by atoms with Gasteiger partial charge >= 0.3 is 12.1 Å². The summed E-state index contributed by atoms with van der Waals surface area (Å²) < 4.78 is 22.0. The standard InChI is InChI=1S/C35H44O7/c1-4-6-8-9-10-11-23-39-30-17-12-27(13-18-30)32-21-16-29(34(36)37)24-33(32)28-14-19-31(20-15-28)41-25-26(3)42-35(38)40-22-7-5-2/h12-21,24,26H,4-11,22-23,25H2,1-3H3,(H,36,37)/t26-/m0/s1. The summed E-state index contributed by atoms with van der Waals surface area (Å²) in [6.07, 6.45) is 7.87. The van der Waals surface area contributed by atoms with Crippen LogP contribution in [0.1, 0.15) is 82.5 Å². The molecule has 226 valence electrons. The zero-order valence-corrected chi connectivity index (χ0v) is 25.1. The van der Waals surface area contributed by atoms with Gasteiger partial charge in [0.2, 0.25) is 0 Å². The molecule has 0 heterocycles. The van der Waals surface area contributed by atoms with Gasteiger partial charge < -0.3 is 24.1 Å². The Bertz CT molecular complexity index is 1240. The van der Waals surface area contributed by atoms with Crippen LogP contribution in [0.2, 0.25) is 0 Å². The Balaban J connectivity index is 1.64. The van der Waals surface area contributed by atoms with Crippen LogP contribution in [0.5, 0.6) is 11.5 Å². The highest BCUT2D eigenvalue weighted by Gasteiger charge is 2.14. The van der Waals surface area contributed by atoms with E-state index in [-0.39, 0.29) is 12.2 Å². The molecule has 0 radical (unpaired) electrons. The fourth-order valence-corrected chi connectivity index (χ4v) is 4.45. The van der Waals surface area contributed by atoms with Crippen LogP contribution in [-0.2, 0) is 9.47 Å². The van der Waals surface area contributed by atoms with Crippen molar-refractivity contribution in [3.05, 3.63) is 72.3 Å². The van der Waals surface area contributed by atoms with Gasteiger partial charge in [-0.15, -0.1) is 0 Å². The zero-order valence-electron chi connectivity index (χ0n) is 25.1. The van der Waals surface area contributed by atoms with E-state index < -0.39 is 18.2 Å². The van der Waals surface area contributed by atoms with E-state index in [0.717, 1.165) is 47.3 Å². The van der Waals surface area contributed by atoms with Gasteiger partial charge in [0.25, 0.3) is 0 Å². The van der Waals surface area contributed by atoms with Crippen molar-refractivity contribution in [1.82, 2.24) is 0 Å². The molecule has 1 atom stereocenters. The first kappa shape index (κ1) is 32.5. The third-order valence-corrected chi connectivity index (χ3v) is 6.86. The van der Waals surface area contributed by atoms with Crippen molar-refractivity contribution in [3.8, 4) is 33.8 Å². The van der Waals surface area contributed by atoms with Crippen LogP contribution in [0, 0.1) is 0 Å². The number of benzene rings is 3. The second kappa shape index (κ2) is 17.7. The summed E-state index contributed by atoms with van der Waals surface area (Å²) in [7, 11) is 0. The number of unbranched alkanes of at least 4 members (excludes halogenated alkanes) is 6. The molecular weight excluding hydrogens is 532 g/mol. The van der Waals surface area contributed by atoms with Crippen molar-refractivity contribution >= 4 is 12.1 Å². The van der Waals surface area contributed by atoms with Crippen LogP contribution in [-0.4, -0.2) is 43.2 Å². The highest BCUT2D eigenvalue weighted by atomic mass is 16.7. The number of aromatic carboxylic acids is 1. The van der Waals surface area contributed by atoms with Crippen molar-refractivity contribution in [2.24, 2.45) is 0 Å². The van der Waals surface area contributed by atoms with E-state index in [0.29, 0.717) is 19.0 Å². The van der Waals surface area contributed by atoms with Gasteiger partial charge in [0.15, 0.2) is 0 Å². The molecule has 1 N–H and O–H groups in total. The van der Waals surface area contributed by atoms with Crippen molar-refractivity contribution in [3.63, 3.8) is 0 Å². The molecular formula is C35H44O7. The second-order valence-electron chi connectivity index (χ2n) is 10.4. The van der Waals surface area contributed by atoms with Crippen LogP contribution in [0.4, 0.5) is 4.79 Å². The van der Waals surface area contributed by atoms with Crippen molar-refractivity contribution in [1.29, 1.82) is 0 Å². The number of ether oxygens (including phenoxy) is 4. The minimum Gasteiger partial charge on any atom is -0.494 e. The van der Waals surface area contributed by atoms with Gasteiger partial charge in [0.1, 0.15) is 24.2 Å². The molecule has 0 saturated heterocycles. The first-order valence-electron chi connectivity index (χ1n) is 15.1. The largest absolute Gasteiger partial charge is 0.508 e. The number of carbonyl (C=O) groups excluding carboxylic acids is 1. The Morgan fingerprint density at radius 3 is 1.93 bits per heavy atom. The summed E-state index contributed by atoms with van der Waals surface area (Å²) in [6.45, 7) is 7.20. The quantitative estimate of drug-likeness (QED) is 0.119. The zero-order chi connectivity index (χ0) is 30.2. The third kappa shape index (κ3) is 10.8. The maximum absolute atomic E-state index is 11.7. The Morgan fingerprint density at radius 1 is 0.690 bits per heavy atom. The lowest BCUT2D eigenvalue weighted by atomic mass is 9.92. The fourth-order valence-electron chi connectivity index (χ4n) is 4.45. The van der Waals surface area contributed by atoms with Gasteiger partial charge in [-0.3, -0.25) is 0 Å². The molecule has 3 aromatic carbocycles. The number of hydrogen-bond donors (Lipinski definition) is 1. The van der Waals surface area contributed by atoms with Gasteiger partial charge in [0, 0.05) is 0 Å². The Labute approximate surface area is 249 Å². The summed E-state index contributed by atoms with van der Waals surface area (Å²) in [5, 5.41) is 9.62. The van der Waals surface area contributed by atoms with Gasteiger partial charge in [-0.2, -0.15) is 0 Å². The smallest absolute Gasteiger partial charge is 0.494 e. The van der Waals surface area contributed by atoms with E-state index in [1.807, 2.05) is 61.5 Å². The molecule has 3 rings (SSSR count). The van der Waals surface area contributed by atoms with Gasteiger partial charge in [0.05, 0.1) is 18.8 Å². The van der Waals surface area contributed by atoms with Crippen LogP contribution in [0.25, 0.3) is 22.3 Å². The first-order valence-corrected chi connectivity index (χ1v) is 15.1. The van der Waals surface area contributed by atoms with E-state index in [1.165, 1.54) is 32.1 Å². The molecule has 3 aromatic rings. The van der Waals surface area contributed by atoms with Crippen molar-refractivity contribution in [2.45, 2.75) is 78.2 Å². The normalized spacial score (nSPS) is 11.5. The Hall–Kier alpha value is -4.00. The molecule has 42 heavy (non-hydrogen) atoms. The Kier molecular flexibility index (Phi) is 13.7. The molecule has 7 heteroatoms. The van der Waals surface area contributed by atoms with Crippen LogP contribution in [0.15, 0.2) is 66.7 Å². The summed E-state index contributed by atoms with van der Waals surface area (Å²) in [4.78, 5) is 23.5. The van der Waals surface area contributed by atoms with Gasteiger partial charge in [-0.05, 0) is 78.4 Å². The molecule has 0 spiro atoms. The minimum absolute atomic E-state index is 0.176. The van der Waals surface area contributed by atoms with Gasteiger partial charge in [-0.1, -0.05) is 82.7 Å². The molecule has 0 unspecified atom stereocenters. The summed E-state index contributed by atoms with van der Waals surface area (Å²) >= 11 is 0. The number of hydrogen-bond acceptors (Lipinski definition) is 6. The van der Waals surface area contributed by atoms with Crippen molar-refractivity contribution in [2.75, 3.05) is 19.8 Å². The minimum atomic E-state index is -0.983. The lowest BCUT2D eigenvalue weighted by Crippen LogP contribution is -2.22. The monoisotopic (exact) mass is 576 g/mol. The summed E-state index contributed by atoms with van der Waals surface area (Å²) in [6, 6.07) is 20.5. The van der Waals surface area contributed by atoms with Crippen LogP contribution < -0.4 is 9.47 Å². The first-order chi connectivity index (χ1) is 20.4. The Morgan fingerprint density at radius 2 is 1.29 bits per heavy atom. The number of carboxylic acid groups (broad SMARTS) is 1. The number of carboxylic acids is 1. The second-order valence-corrected chi connectivity index (χ2v) is 10.4. The molecule has 0 aromatic heterocycles. The third-order valence-electron chi connectivity index (χ3n) is 6.86. The SMILES string of the molecule is CCCCCCCCOc1ccc(-c2ccc(C(=O)O)cc2-c2ccc(OC[C@H](C)OC(=O)OCCCC)cc2)cc1. The van der Waals surface area contributed by atoms with E-state index in [1.54, 1.807) is 19.1 Å². The molecule has 7 nitrogen and oxygen atoms in total. The number of rotatable bonds is 18. The summed E-state index contributed by atoms with van der Waals surface area (Å²) in [5.41, 5.74) is 3.75. The predicted octanol–water partition coefficient (Wildman–Crippen LogP) is 9.18. The molecule has 0 amide bonds. The maximum atomic E-state index is 11.7. The van der Waals surface area contributed by atoms with E-state index in [4.69, 9.17) is 18.9 Å². The van der Waals surface area contributed by atoms with E-state index >= 15 is 0 Å². The van der Waals surface area contributed by atoms with Crippen molar-refractivity contribution < 1.29 is 33.6 Å².